The van der Waals surface area contributed by atoms with E-state index in [0.29, 0.717) is 25.8 Å². The molecule has 0 heterocycles. The van der Waals surface area contributed by atoms with Crippen molar-refractivity contribution in [3.63, 3.8) is 0 Å². The Morgan fingerprint density at radius 2 is 1.64 bits per heavy atom. The minimum absolute atomic E-state index is 0.250. The highest BCUT2D eigenvalue weighted by molar-refractivity contribution is 5.91. The van der Waals surface area contributed by atoms with Gasteiger partial charge in [-0.15, -0.1) is 0 Å². The van der Waals surface area contributed by atoms with Crippen molar-refractivity contribution in [2.24, 2.45) is 11.5 Å². The number of aliphatic carboxylic acids is 1. The number of amides is 3. The van der Waals surface area contributed by atoms with Crippen LogP contribution in [0.4, 0.5) is 0 Å². The Morgan fingerprint density at radius 1 is 0.955 bits per heavy atom. The maximum Gasteiger partial charge on any atom is 0.322 e. The summed E-state index contributed by atoms with van der Waals surface area (Å²) in [6, 6.07) is -0.810. The van der Waals surface area contributed by atoms with Crippen LogP contribution < -0.4 is 27.4 Å². The largest absolute Gasteiger partial charge is 0.480 e. The Labute approximate surface area is 128 Å². The topological polar surface area (TPSA) is 177 Å². The predicted octanol–water partition coefficient (Wildman–Crippen LogP) is -3.12. The molecule has 10 nitrogen and oxygen atoms in total. The Hall–Kier alpha value is -2.20. The second kappa shape index (κ2) is 11.5. The van der Waals surface area contributed by atoms with Crippen molar-refractivity contribution in [3.05, 3.63) is 0 Å². The van der Waals surface area contributed by atoms with Crippen LogP contribution in [-0.4, -0.2) is 61.0 Å². The van der Waals surface area contributed by atoms with E-state index in [1.165, 1.54) is 0 Å². The number of hydrogen-bond acceptors (Lipinski definition) is 6. The molecular weight excluding hydrogens is 294 g/mol. The monoisotopic (exact) mass is 317 g/mol. The minimum Gasteiger partial charge on any atom is -0.480 e. The fraction of sp³-hybridized carbons (Fsp3) is 0.667. The third-order valence-corrected chi connectivity index (χ3v) is 2.64. The lowest BCUT2D eigenvalue weighted by Crippen LogP contribution is -2.50. The molecule has 0 rings (SSSR count). The van der Waals surface area contributed by atoms with Gasteiger partial charge in [0, 0.05) is 0 Å². The number of carbonyl (C=O) groups excluding carboxylic acids is 3. The van der Waals surface area contributed by atoms with Crippen LogP contribution in [0, 0.1) is 0 Å². The lowest BCUT2D eigenvalue weighted by molar-refractivity contribution is -0.138. The van der Waals surface area contributed by atoms with Crippen LogP contribution >= 0.6 is 0 Å². The summed E-state index contributed by atoms with van der Waals surface area (Å²) in [5, 5.41) is 15.3. The first-order chi connectivity index (χ1) is 10.4. The highest BCUT2D eigenvalue weighted by Gasteiger charge is 2.20. The Balaban J connectivity index is 4.32. The first kappa shape index (κ1) is 19.8. The quantitative estimate of drug-likeness (QED) is 0.218. The standard InChI is InChI=1S/C12H23N5O5/c13-4-2-1-3-8(17-9(18)5-14)12(22)16-6-10(19)15-7-11(20)21/h8H,1-7,13-14H2,(H,15,19)(H,16,22)(H,17,18)(H,20,21)/t8-/m0/s1. The minimum atomic E-state index is -1.19. The maximum atomic E-state index is 11.9. The molecule has 10 heteroatoms. The number of carbonyl (C=O) groups is 4. The van der Waals surface area contributed by atoms with E-state index in [4.69, 9.17) is 16.6 Å². The molecule has 0 aromatic carbocycles. The molecule has 0 aromatic rings. The molecule has 3 amide bonds. The zero-order valence-corrected chi connectivity index (χ0v) is 12.3. The maximum absolute atomic E-state index is 11.9. The molecule has 8 N–H and O–H groups in total. The molecule has 0 saturated carbocycles. The molecule has 0 bridgehead atoms. The van der Waals surface area contributed by atoms with Crippen molar-refractivity contribution in [3.8, 4) is 0 Å². The predicted molar refractivity (Wildman–Crippen MR) is 77.5 cm³/mol. The second-order valence-electron chi connectivity index (χ2n) is 4.50. The van der Waals surface area contributed by atoms with E-state index in [9.17, 15) is 19.2 Å². The van der Waals surface area contributed by atoms with E-state index >= 15 is 0 Å². The normalized spacial score (nSPS) is 11.4. The van der Waals surface area contributed by atoms with Gasteiger partial charge in [0.05, 0.1) is 13.1 Å². The summed E-state index contributed by atoms with van der Waals surface area (Å²) in [7, 11) is 0. The highest BCUT2D eigenvalue weighted by atomic mass is 16.4. The van der Waals surface area contributed by atoms with Crippen molar-refractivity contribution in [2.75, 3.05) is 26.2 Å². The van der Waals surface area contributed by atoms with Crippen LogP contribution in [0.2, 0.25) is 0 Å². The van der Waals surface area contributed by atoms with Gasteiger partial charge in [0.25, 0.3) is 0 Å². The zero-order valence-electron chi connectivity index (χ0n) is 12.3. The first-order valence-electron chi connectivity index (χ1n) is 6.86. The van der Waals surface area contributed by atoms with Gasteiger partial charge in [0.1, 0.15) is 12.6 Å². The average Bonchev–Trinajstić information content (AvgIpc) is 2.49. The summed E-state index contributed by atoms with van der Waals surface area (Å²) in [5.74, 6) is -2.84. The summed E-state index contributed by atoms with van der Waals surface area (Å²) in [6.07, 6.45) is 1.69. The van der Waals surface area contributed by atoms with Crippen LogP contribution in [0.5, 0.6) is 0 Å². The van der Waals surface area contributed by atoms with E-state index in [1.807, 2.05) is 0 Å². The molecule has 1 atom stereocenters. The van der Waals surface area contributed by atoms with Crippen LogP contribution in [0.25, 0.3) is 0 Å². The molecular formula is C12H23N5O5. The first-order valence-corrected chi connectivity index (χ1v) is 6.86. The van der Waals surface area contributed by atoms with Crippen LogP contribution in [0.1, 0.15) is 19.3 Å². The van der Waals surface area contributed by atoms with Crippen LogP contribution in [0.3, 0.4) is 0 Å². The van der Waals surface area contributed by atoms with Gasteiger partial charge < -0.3 is 32.5 Å². The van der Waals surface area contributed by atoms with E-state index in [0.717, 1.165) is 0 Å². The molecule has 0 aliphatic rings. The summed E-state index contributed by atoms with van der Waals surface area (Å²) >= 11 is 0. The summed E-state index contributed by atoms with van der Waals surface area (Å²) < 4.78 is 0. The molecule has 0 aromatic heterocycles. The summed E-state index contributed by atoms with van der Waals surface area (Å²) in [5.41, 5.74) is 10.5. The van der Waals surface area contributed by atoms with E-state index in [-0.39, 0.29) is 13.1 Å². The molecule has 126 valence electrons. The molecule has 0 spiro atoms. The van der Waals surface area contributed by atoms with Crippen molar-refractivity contribution < 1.29 is 24.3 Å². The van der Waals surface area contributed by atoms with E-state index in [1.54, 1.807) is 0 Å². The number of nitrogens with one attached hydrogen (secondary N) is 3. The average molecular weight is 317 g/mol. The van der Waals surface area contributed by atoms with Crippen LogP contribution in [-0.2, 0) is 19.2 Å². The lowest BCUT2D eigenvalue weighted by Gasteiger charge is -2.17. The molecule has 0 radical (unpaired) electrons. The number of unbranched alkanes of at least 4 members (excludes halogenated alkanes) is 1. The molecule has 0 unspecified atom stereocenters. The molecule has 0 aliphatic carbocycles. The fourth-order valence-electron chi connectivity index (χ4n) is 1.54. The van der Waals surface area contributed by atoms with Gasteiger partial charge in [0.2, 0.25) is 17.7 Å². The van der Waals surface area contributed by atoms with Crippen molar-refractivity contribution in [2.45, 2.75) is 25.3 Å². The van der Waals surface area contributed by atoms with Gasteiger partial charge >= 0.3 is 5.97 Å². The van der Waals surface area contributed by atoms with Crippen molar-refractivity contribution >= 4 is 23.7 Å². The van der Waals surface area contributed by atoms with Gasteiger partial charge in [0.15, 0.2) is 0 Å². The number of carboxylic acid groups (broad SMARTS) is 1. The Kier molecular flexibility index (Phi) is 10.3. The van der Waals surface area contributed by atoms with Crippen LogP contribution in [0.15, 0.2) is 0 Å². The van der Waals surface area contributed by atoms with Gasteiger partial charge in [-0.25, -0.2) is 0 Å². The lowest BCUT2D eigenvalue weighted by atomic mass is 10.1. The Bertz CT molecular complexity index is 401. The molecule has 0 saturated heterocycles. The van der Waals surface area contributed by atoms with Gasteiger partial charge in [-0.05, 0) is 25.8 Å². The number of hydrogen-bond donors (Lipinski definition) is 6. The number of carboxylic acids is 1. The zero-order chi connectivity index (χ0) is 17.0. The Morgan fingerprint density at radius 3 is 2.18 bits per heavy atom. The third-order valence-electron chi connectivity index (χ3n) is 2.64. The van der Waals surface area contributed by atoms with E-state index < -0.39 is 36.3 Å². The third kappa shape index (κ3) is 9.66. The number of nitrogens with two attached hydrogens (primary N) is 2. The SMILES string of the molecule is NCCCC[C@H](NC(=O)CN)C(=O)NCC(=O)NCC(=O)O. The van der Waals surface area contributed by atoms with Gasteiger partial charge in [-0.1, -0.05) is 0 Å². The van der Waals surface area contributed by atoms with Gasteiger partial charge in [-0.2, -0.15) is 0 Å². The van der Waals surface area contributed by atoms with E-state index in [2.05, 4.69) is 16.0 Å². The highest BCUT2D eigenvalue weighted by Crippen LogP contribution is 2.00. The number of rotatable bonds is 11. The molecule has 0 aliphatic heterocycles. The summed E-state index contributed by atoms with van der Waals surface area (Å²) in [6.45, 7) is -0.687. The molecule has 0 fully saturated rings. The molecule has 22 heavy (non-hydrogen) atoms. The fourth-order valence-corrected chi connectivity index (χ4v) is 1.54. The smallest absolute Gasteiger partial charge is 0.322 e. The van der Waals surface area contributed by atoms with Crippen molar-refractivity contribution in [1.82, 2.24) is 16.0 Å². The summed E-state index contributed by atoms with van der Waals surface area (Å²) in [4.78, 5) is 44.8. The second-order valence-corrected chi connectivity index (χ2v) is 4.50. The van der Waals surface area contributed by atoms with Gasteiger partial charge in [-0.3, -0.25) is 19.2 Å². The van der Waals surface area contributed by atoms with Crippen molar-refractivity contribution in [1.29, 1.82) is 0 Å².